The first-order valence-electron chi connectivity index (χ1n) is 9.10. The summed E-state index contributed by atoms with van der Waals surface area (Å²) in [7, 11) is 0. The van der Waals surface area contributed by atoms with Crippen LogP contribution in [-0.4, -0.2) is 35.5 Å². The summed E-state index contributed by atoms with van der Waals surface area (Å²) in [6.07, 6.45) is 2.53. The molecule has 2 aromatic rings. The molecule has 6 heteroatoms. The molecule has 0 aliphatic carbocycles. The molecule has 1 N–H and O–H groups in total. The van der Waals surface area contributed by atoms with Crippen LogP contribution in [0.1, 0.15) is 29.8 Å². The Morgan fingerprint density at radius 3 is 2.62 bits per heavy atom. The quantitative estimate of drug-likeness (QED) is 0.895. The van der Waals surface area contributed by atoms with Crippen LogP contribution >= 0.6 is 0 Å². The third-order valence-electron chi connectivity index (χ3n) is 4.67. The minimum Gasteiger partial charge on any atom is -0.355 e. The van der Waals surface area contributed by atoms with Gasteiger partial charge in [-0.3, -0.25) is 4.79 Å². The minimum absolute atomic E-state index is 0.0543. The van der Waals surface area contributed by atoms with Crippen LogP contribution in [0.15, 0.2) is 30.3 Å². The van der Waals surface area contributed by atoms with Crippen molar-refractivity contribution in [1.82, 2.24) is 15.3 Å². The molecule has 0 bridgehead atoms. The van der Waals surface area contributed by atoms with Crippen LogP contribution in [-0.2, 0) is 11.2 Å². The largest absolute Gasteiger partial charge is 0.355 e. The van der Waals surface area contributed by atoms with E-state index in [4.69, 9.17) is 0 Å². The van der Waals surface area contributed by atoms with Gasteiger partial charge in [0.1, 0.15) is 5.82 Å². The van der Waals surface area contributed by atoms with E-state index in [-0.39, 0.29) is 17.6 Å². The predicted octanol–water partition coefficient (Wildman–Crippen LogP) is 2.81. The van der Waals surface area contributed by atoms with Crippen molar-refractivity contribution < 1.29 is 9.18 Å². The number of nitrogens with zero attached hydrogens (tertiary/aromatic N) is 3. The van der Waals surface area contributed by atoms with E-state index in [2.05, 4.69) is 20.2 Å². The Balaban J connectivity index is 1.53. The number of hydrogen-bond acceptors (Lipinski definition) is 4. The maximum absolute atomic E-state index is 12.9. The summed E-state index contributed by atoms with van der Waals surface area (Å²) < 4.78 is 12.9. The van der Waals surface area contributed by atoms with Gasteiger partial charge in [-0.05, 0) is 56.9 Å². The van der Waals surface area contributed by atoms with E-state index >= 15 is 0 Å². The summed E-state index contributed by atoms with van der Waals surface area (Å²) in [6, 6.07) is 8.34. The second-order valence-corrected chi connectivity index (χ2v) is 6.90. The maximum atomic E-state index is 12.9. The fourth-order valence-electron chi connectivity index (χ4n) is 3.35. The summed E-state index contributed by atoms with van der Waals surface area (Å²) in [5.74, 6) is 0.488. The number of piperidine rings is 1. The predicted molar refractivity (Wildman–Crippen MR) is 99.6 cm³/mol. The first-order valence-corrected chi connectivity index (χ1v) is 9.10. The van der Waals surface area contributed by atoms with E-state index in [0.29, 0.717) is 25.5 Å². The average molecular weight is 356 g/mol. The number of carbonyl (C=O) groups excluding carboxylic acids is 1. The molecule has 1 atom stereocenters. The van der Waals surface area contributed by atoms with Gasteiger partial charge in [-0.15, -0.1) is 0 Å². The number of halogens is 1. The molecule has 1 amide bonds. The van der Waals surface area contributed by atoms with Crippen LogP contribution in [0.2, 0.25) is 0 Å². The summed E-state index contributed by atoms with van der Waals surface area (Å²) in [5.41, 5.74) is 2.90. The van der Waals surface area contributed by atoms with Crippen molar-refractivity contribution in [1.29, 1.82) is 0 Å². The van der Waals surface area contributed by atoms with Gasteiger partial charge >= 0.3 is 0 Å². The first kappa shape index (κ1) is 18.3. The van der Waals surface area contributed by atoms with E-state index in [0.717, 1.165) is 36.3 Å². The summed E-state index contributed by atoms with van der Waals surface area (Å²) in [4.78, 5) is 23.6. The van der Waals surface area contributed by atoms with Gasteiger partial charge in [0.05, 0.1) is 5.92 Å². The van der Waals surface area contributed by atoms with Crippen LogP contribution < -0.4 is 10.2 Å². The number of anilines is 1. The van der Waals surface area contributed by atoms with Gasteiger partial charge in [0.25, 0.3) is 0 Å². The van der Waals surface area contributed by atoms with E-state index < -0.39 is 0 Å². The highest BCUT2D eigenvalue weighted by Crippen LogP contribution is 2.21. The zero-order valence-electron chi connectivity index (χ0n) is 15.3. The van der Waals surface area contributed by atoms with E-state index in [1.54, 1.807) is 12.1 Å². The Labute approximate surface area is 153 Å². The van der Waals surface area contributed by atoms with Gasteiger partial charge in [-0.1, -0.05) is 12.1 Å². The Morgan fingerprint density at radius 1 is 1.23 bits per heavy atom. The molecular formula is C20H25FN4O. The molecule has 138 valence electrons. The van der Waals surface area contributed by atoms with E-state index in [1.165, 1.54) is 12.1 Å². The molecule has 1 saturated heterocycles. The standard InChI is InChI=1S/C20H25FN4O/c1-14-12-15(2)24-20(23-14)25-11-3-4-17(13-25)19(26)22-10-9-16-5-7-18(21)8-6-16/h5-8,12,17H,3-4,9-11,13H2,1-2H3,(H,22,26)/t17-/m1/s1. The van der Waals surface area contributed by atoms with Crippen LogP contribution in [0.3, 0.4) is 0 Å². The number of amides is 1. The molecule has 0 unspecified atom stereocenters. The highest BCUT2D eigenvalue weighted by molar-refractivity contribution is 5.79. The lowest BCUT2D eigenvalue weighted by Gasteiger charge is -2.32. The van der Waals surface area contributed by atoms with Crippen LogP contribution in [0.4, 0.5) is 10.3 Å². The Morgan fingerprint density at radius 2 is 1.92 bits per heavy atom. The van der Waals surface area contributed by atoms with Gasteiger partial charge < -0.3 is 10.2 Å². The number of nitrogens with one attached hydrogen (secondary N) is 1. The Kier molecular flexibility index (Phi) is 5.81. The van der Waals surface area contributed by atoms with Gasteiger partial charge in [0.2, 0.25) is 11.9 Å². The van der Waals surface area contributed by atoms with Gasteiger partial charge in [-0.25, -0.2) is 14.4 Å². The van der Waals surface area contributed by atoms with Gasteiger partial charge in [0.15, 0.2) is 0 Å². The van der Waals surface area contributed by atoms with Crippen LogP contribution in [0, 0.1) is 25.6 Å². The molecule has 2 heterocycles. The molecule has 0 radical (unpaired) electrons. The summed E-state index contributed by atoms with van der Waals surface area (Å²) in [6.45, 7) is 6.00. The fraction of sp³-hybridized carbons (Fsp3) is 0.450. The van der Waals surface area contributed by atoms with Crippen LogP contribution in [0.25, 0.3) is 0 Å². The molecule has 26 heavy (non-hydrogen) atoms. The Bertz CT molecular complexity index is 743. The number of carbonyl (C=O) groups is 1. The number of benzene rings is 1. The lowest BCUT2D eigenvalue weighted by atomic mass is 9.97. The molecule has 0 saturated carbocycles. The maximum Gasteiger partial charge on any atom is 0.225 e. The normalized spacial score (nSPS) is 17.2. The topological polar surface area (TPSA) is 58.1 Å². The van der Waals surface area contributed by atoms with Crippen LogP contribution in [0.5, 0.6) is 0 Å². The summed E-state index contributed by atoms with van der Waals surface area (Å²) >= 11 is 0. The highest BCUT2D eigenvalue weighted by Gasteiger charge is 2.27. The highest BCUT2D eigenvalue weighted by atomic mass is 19.1. The number of hydrogen-bond donors (Lipinski definition) is 1. The Hall–Kier alpha value is -2.50. The van der Waals surface area contributed by atoms with Gasteiger partial charge in [-0.2, -0.15) is 0 Å². The number of rotatable bonds is 5. The molecule has 1 aromatic heterocycles. The third kappa shape index (κ3) is 4.77. The third-order valence-corrected chi connectivity index (χ3v) is 4.67. The molecule has 1 aliphatic rings. The number of aromatic nitrogens is 2. The van der Waals surface area contributed by atoms with Crippen molar-refractivity contribution in [3.05, 3.63) is 53.1 Å². The smallest absolute Gasteiger partial charge is 0.225 e. The van der Waals surface area contributed by atoms with Crippen molar-refractivity contribution in [2.75, 3.05) is 24.5 Å². The molecule has 0 spiro atoms. The van der Waals surface area contributed by atoms with E-state index in [9.17, 15) is 9.18 Å². The van der Waals surface area contributed by atoms with Gasteiger partial charge in [0, 0.05) is 31.0 Å². The molecule has 1 aromatic carbocycles. The fourth-order valence-corrected chi connectivity index (χ4v) is 3.35. The molecule has 3 rings (SSSR count). The average Bonchev–Trinajstić information content (AvgIpc) is 2.62. The van der Waals surface area contributed by atoms with Crippen molar-refractivity contribution >= 4 is 11.9 Å². The molecular weight excluding hydrogens is 331 g/mol. The van der Waals surface area contributed by atoms with E-state index in [1.807, 2.05) is 19.9 Å². The molecule has 5 nitrogen and oxygen atoms in total. The zero-order chi connectivity index (χ0) is 18.5. The lowest BCUT2D eigenvalue weighted by molar-refractivity contribution is -0.125. The van der Waals surface area contributed by atoms with Crippen molar-refractivity contribution in [2.24, 2.45) is 5.92 Å². The van der Waals surface area contributed by atoms with Crippen molar-refractivity contribution in [3.63, 3.8) is 0 Å². The van der Waals surface area contributed by atoms with Crippen molar-refractivity contribution in [2.45, 2.75) is 33.1 Å². The lowest BCUT2D eigenvalue weighted by Crippen LogP contribution is -2.44. The zero-order valence-corrected chi connectivity index (χ0v) is 15.3. The SMILES string of the molecule is Cc1cc(C)nc(N2CCC[C@@H](C(=O)NCCc3ccc(F)cc3)C2)n1. The monoisotopic (exact) mass is 356 g/mol. The first-order chi connectivity index (χ1) is 12.5. The van der Waals surface area contributed by atoms with Crippen molar-refractivity contribution in [3.8, 4) is 0 Å². The summed E-state index contributed by atoms with van der Waals surface area (Å²) in [5, 5.41) is 3.01. The second kappa shape index (κ2) is 8.25. The molecule has 1 fully saturated rings. The molecule has 1 aliphatic heterocycles. The second-order valence-electron chi connectivity index (χ2n) is 6.90. The minimum atomic E-state index is -0.242. The number of aryl methyl sites for hydroxylation is 2.